The Labute approximate surface area is 160 Å². The molecule has 0 saturated carbocycles. The van der Waals surface area contributed by atoms with Crippen LogP contribution in [0, 0.1) is 0 Å². The minimum absolute atomic E-state index is 0.272. The predicted molar refractivity (Wildman–Crippen MR) is 108 cm³/mol. The van der Waals surface area contributed by atoms with Crippen LogP contribution in [0.2, 0.25) is 0 Å². The molecule has 0 N–H and O–H groups in total. The lowest BCUT2D eigenvalue weighted by Crippen LogP contribution is -2.28. The lowest BCUT2D eigenvalue weighted by atomic mass is 9.98. The van der Waals surface area contributed by atoms with E-state index in [-0.39, 0.29) is 5.91 Å². The van der Waals surface area contributed by atoms with Gasteiger partial charge in [0.25, 0.3) is 0 Å². The number of hydrogen-bond donors (Lipinski definition) is 0. The Balaban J connectivity index is 1.75. The summed E-state index contributed by atoms with van der Waals surface area (Å²) in [6.07, 6.45) is 4.55. The highest BCUT2D eigenvalue weighted by atomic mass is 16.2. The number of rotatable bonds is 6. The molecule has 0 unspecified atom stereocenters. The largest absolute Gasteiger partial charge is 0.341 e. The summed E-state index contributed by atoms with van der Waals surface area (Å²) in [5.41, 5.74) is 5.81. The monoisotopic (exact) mass is 359 g/mol. The van der Waals surface area contributed by atoms with Crippen molar-refractivity contribution >= 4 is 5.91 Å². The molecular weight excluding hydrogens is 334 g/mol. The summed E-state index contributed by atoms with van der Waals surface area (Å²) < 4.78 is 2.21. The zero-order valence-electron chi connectivity index (χ0n) is 15.8. The zero-order valence-corrected chi connectivity index (χ0v) is 15.8. The Morgan fingerprint density at radius 1 is 1.00 bits per heavy atom. The highest BCUT2D eigenvalue weighted by Crippen LogP contribution is 2.33. The third kappa shape index (κ3) is 3.52. The second kappa shape index (κ2) is 7.78. The van der Waals surface area contributed by atoms with Gasteiger partial charge in [0, 0.05) is 37.2 Å². The van der Waals surface area contributed by atoms with Gasteiger partial charge in [0.15, 0.2) is 0 Å². The van der Waals surface area contributed by atoms with E-state index in [0.29, 0.717) is 6.42 Å². The molecule has 1 aliphatic heterocycles. The number of aromatic nitrogens is 2. The molecule has 0 radical (unpaired) electrons. The van der Waals surface area contributed by atoms with Crippen LogP contribution in [0.4, 0.5) is 0 Å². The summed E-state index contributed by atoms with van der Waals surface area (Å²) in [4.78, 5) is 18.7. The Morgan fingerprint density at radius 2 is 1.78 bits per heavy atom. The van der Waals surface area contributed by atoms with E-state index in [0.717, 1.165) is 49.4 Å². The maximum atomic E-state index is 12.0. The van der Waals surface area contributed by atoms with Gasteiger partial charge in [0.1, 0.15) is 0 Å². The second-order valence-electron chi connectivity index (χ2n) is 7.00. The summed E-state index contributed by atoms with van der Waals surface area (Å²) in [6.45, 7) is 4.56. The first-order chi connectivity index (χ1) is 13.3. The van der Waals surface area contributed by atoms with E-state index in [4.69, 9.17) is 4.98 Å². The van der Waals surface area contributed by atoms with Crippen molar-refractivity contribution in [1.82, 2.24) is 14.5 Å². The van der Waals surface area contributed by atoms with E-state index in [9.17, 15) is 4.79 Å². The summed E-state index contributed by atoms with van der Waals surface area (Å²) in [5, 5.41) is 0. The van der Waals surface area contributed by atoms with Crippen LogP contribution in [-0.2, 0) is 17.8 Å². The molecule has 0 aliphatic carbocycles. The molecule has 1 amide bonds. The molecule has 3 aromatic rings. The molecular formula is C23H25N3O. The number of benzene rings is 2. The smallest absolute Gasteiger partial charge is 0.222 e. The van der Waals surface area contributed by atoms with Gasteiger partial charge in [-0.05, 0) is 18.4 Å². The summed E-state index contributed by atoms with van der Waals surface area (Å²) >= 11 is 0. The van der Waals surface area contributed by atoms with Crippen LogP contribution < -0.4 is 0 Å². The van der Waals surface area contributed by atoms with Gasteiger partial charge in [-0.1, -0.05) is 61.5 Å². The number of nitrogens with zero attached hydrogens (tertiary/aromatic N) is 3. The fourth-order valence-corrected chi connectivity index (χ4v) is 3.87. The van der Waals surface area contributed by atoms with E-state index in [1.165, 1.54) is 11.1 Å². The van der Waals surface area contributed by atoms with Gasteiger partial charge in [-0.2, -0.15) is 0 Å². The van der Waals surface area contributed by atoms with E-state index in [1.807, 2.05) is 29.4 Å². The molecule has 0 atom stereocenters. The van der Waals surface area contributed by atoms with E-state index < -0.39 is 0 Å². The number of carbonyl (C=O) groups excluding carboxylic acids is 1. The third-order valence-electron chi connectivity index (χ3n) is 5.32. The van der Waals surface area contributed by atoms with Crippen LogP contribution in [0.1, 0.15) is 25.3 Å². The van der Waals surface area contributed by atoms with Crippen LogP contribution in [0.25, 0.3) is 22.5 Å². The van der Waals surface area contributed by atoms with Crippen LogP contribution >= 0.6 is 0 Å². The lowest BCUT2D eigenvalue weighted by Gasteiger charge is -2.18. The molecule has 0 bridgehead atoms. The Bertz CT molecular complexity index is 930. The van der Waals surface area contributed by atoms with Crippen LogP contribution in [0.15, 0.2) is 60.9 Å². The van der Waals surface area contributed by atoms with Crippen molar-refractivity contribution in [2.45, 2.75) is 32.7 Å². The summed E-state index contributed by atoms with van der Waals surface area (Å²) in [5.74, 6) is 0.272. The van der Waals surface area contributed by atoms with Crippen LogP contribution in [0.3, 0.4) is 0 Å². The molecule has 1 aromatic heterocycles. The van der Waals surface area contributed by atoms with E-state index >= 15 is 0 Å². The standard InChI is InChI=1S/C23H25N3O/c1-2-18-9-6-7-12-20(18)23-22(19-10-4-3-5-11-19)24-17-26(23)16-15-25-14-8-13-21(25)27/h3-7,9-12,17H,2,8,13-16H2,1H3. The van der Waals surface area contributed by atoms with Crippen molar-refractivity contribution in [3.63, 3.8) is 0 Å². The topological polar surface area (TPSA) is 38.1 Å². The number of amides is 1. The SMILES string of the molecule is CCc1ccccc1-c1c(-c2ccccc2)ncn1CCN1CCCC1=O. The first-order valence-electron chi connectivity index (χ1n) is 9.74. The van der Waals surface area contributed by atoms with E-state index in [2.05, 4.69) is 47.9 Å². The normalized spacial score (nSPS) is 14.1. The van der Waals surface area contributed by atoms with Crippen molar-refractivity contribution in [1.29, 1.82) is 0 Å². The van der Waals surface area contributed by atoms with E-state index in [1.54, 1.807) is 0 Å². The number of imidazole rings is 1. The molecule has 4 rings (SSSR count). The van der Waals surface area contributed by atoms with Gasteiger partial charge in [-0.25, -0.2) is 4.98 Å². The minimum Gasteiger partial charge on any atom is -0.341 e. The maximum Gasteiger partial charge on any atom is 0.222 e. The van der Waals surface area contributed by atoms with Gasteiger partial charge >= 0.3 is 0 Å². The Hall–Kier alpha value is -2.88. The zero-order chi connectivity index (χ0) is 18.6. The molecule has 2 aromatic carbocycles. The Kier molecular flexibility index (Phi) is 5.05. The van der Waals surface area contributed by atoms with Crippen LogP contribution in [0.5, 0.6) is 0 Å². The number of likely N-dealkylation sites (tertiary alicyclic amines) is 1. The molecule has 4 heteroatoms. The van der Waals surface area contributed by atoms with Crippen molar-refractivity contribution in [3.8, 4) is 22.5 Å². The quantitative estimate of drug-likeness (QED) is 0.654. The molecule has 2 heterocycles. The highest BCUT2D eigenvalue weighted by Gasteiger charge is 2.21. The fourth-order valence-electron chi connectivity index (χ4n) is 3.87. The van der Waals surface area contributed by atoms with Crippen molar-refractivity contribution in [2.75, 3.05) is 13.1 Å². The maximum absolute atomic E-state index is 12.0. The molecule has 4 nitrogen and oxygen atoms in total. The lowest BCUT2D eigenvalue weighted by molar-refractivity contribution is -0.127. The van der Waals surface area contributed by atoms with Crippen molar-refractivity contribution < 1.29 is 4.79 Å². The second-order valence-corrected chi connectivity index (χ2v) is 7.00. The van der Waals surface area contributed by atoms with Crippen molar-refractivity contribution in [2.24, 2.45) is 0 Å². The van der Waals surface area contributed by atoms with Gasteiger partial charge in [-0.15, -0.1) is 0 Å². The van der Waals surface area contributed by atoms with Gasteiger partial charge in [0.05, 0.1) is 17.7 Å². The summed E-state index contributed by atoms with van der Waals surface area (Å²) in [7, 11) is 0. The fraction of sp³-hybridized carbons (Fsp3) is 0.304. The number of carbonyl (C=O) groups is 1. The molecule has 138 valence electrons. The first-order valence-corrected chi connectivity index (χ1v) is 9.74. The number of aryl methyl sites for hydroxylation is 1. The number of hydrogen-bond acceptors (Lipinski definition) is 2. The Morgan fingerprint density at radius 3 is 2.52 bits per heavy atom. The molecule has 27 heavy (non-hydrogen) atoms. The van der Waals surface area contributed by atoms with Crippen LogP contribution in [-0.4, -0.2) is 33.4 Å². The predicted octanol–water partition coefficient (Wildman–Crippen LogP) is 4.40. The van der Waals surface area contributed by atoms with Gasteiger partial charge in [-0.3, -0.25) is 4.79 Å². The highest BCUT2D eigenvalue weighted by molar-refractivity contribution is 5.80. The average Bonchev–Trinajstić information content (AvgIpc) is 3.32. The first kappa shape index (κ1) is 17.5. The van der Waals surface area contributed by atoms with Crippen molar-refractivity contribution in [3.05, 3.63) is 66.5 Å². The average molecular weight is 359 g/mol. The molecule has 1 aliphatic rings. The minimum atomic E-state index is 0.272. The molecule has 0 spiro atoms. The molecule has 1 saturated heterocycles. The third-order valence-corrected chi connectivity index (χ3v) is 5.32. The summed E-state index contributed by atoms with van der Waals surface area (Å²) in [6, 6.07) is 18.9. The van der Waals surface area contributed by atoms with Gasteiger partial charge < -0.3 is 9.47 Å². The van der Waals surface area contributed by atoms with Gasteiger partial charge in [0.2, 0.25) is 5.91 Å². The molecule has 1 fully saturated rings.